The predicted molar refractivity (Wildman–Crippen MR) is 79.7 cm³/mol. The van der Waals surface area contributed by atoms with E-state index in [1.165, 1.54) is 38.5 Å². The van der Waals surface area contributed by atoms with Crippen LogP contribution in [0, 0.1) is 11.8 Å². The zero-order chi connectivity index (χ0) is 12.8. The van der Waals surface area contributed by atoms with Crippen LogP contribution in [0.1, 0.15) is 56.9 Å². The summed E-state index contributed by atoms with van der Waals surface area (Å²) in [6.07, 6.45) is 10.4. The number of hydrogen-bond acceptors (Lipinski definition) is 0. The third-order valence-corrected chi connectivity index (χ3v) is 4.55. The van der Waals surface area contributed by atoms with Gasteiger partial charge in [0.15, 0.2) is 0 Å². The van der Waals surface area contributed by atoms with Crippen molar-refractivity contribution in [3.8, 4) is 0 Å². The summed E-state index contributed by atoms with van der Waals surface area (Å²) >= 11 is 0. The van der Waals surface area contributed by atoms with Gasteiger partial charge in [-0.15, -0.1) is 6.58 Å². The molecule has 0 saturated heterocycles. The molecule has 0 bridgehead atoms. The van der Waals surface area contributed by atoms with Gasteiger partial charge in [-0.25, -0.2) is 0 Å². The minimum atomic E-state index is 0.692. The summed E-state index contributed by atoms with van der Waals surface area (Å²) in [5.41, 5.74) is 1.55. The van der Waals surface area contributed by atoms with E-state index in [9.17, 15) is 0 Å². The van der Waals surface area contributed by atoms with Crippen LogP contribution in [0.15, 0.2) is 43.0 Å². The van der Waals surface area contributed by atoms with E-state index in [4.69, 9.17) is 0 Å². The van der Waals surface area contributed by atoms with Gasteiger partial charge in [0.2, 0.25) is 0 Å². The van der Waals surface area contributed by atoms with Gasteiger partial charge in [0.25, 0.3) is 0 Å². The van der Waals surface area contributed by atoms with Crippen molar-refractivity contribution in [2.24, 2.45) is 11.8 Å². The summed E-state index contributed by atoms with van der Waals surface area (Å²) in [5.74, 6) is 2.48. The van der Waals surface area contributed by atoms with Crippen molar-refractivity contribution in [3.05, 3.63) is 48.6 Å². The first-order valence-corrected chi connectivity index (χ1v) is 7.47. The van der Waals surface area contributed by atoms with Crippen molar-refractivity contribution in [2.75, 3.05) is 0 Å². The van der Waals surface area contributed by atoms with E-state index < -0.39 is 0 Å². The predicted octanol–water partition coefficient (Wildman–Crippen LogP) is 5.56. The van der Waals surface area contributed by atoms with E-state index in [0.717, 1.165) is 11.8 Å². The fourth-order valence-electron chi connectivity index (χ4n) is 3.13. The zero-order valence-corrected chi connectivity index (χ0v) is 11.6. The maximum Gasteiger partial charge on any atom is -0.0162 e. The van der Waals surface area contributed by atoms with Crippen LogP contribution in [0.5, 0.6) is 0 Å². The Kier molecular flexibility index (Phi) is 5.04. The molecule has 1 aromatic rings. The van der Waals surface area contributed by atoms with Gasteiger partial charge in [-0.3, -0.25) is 0 Å². The quantitative estimate of drug-likeness (QED) is 0.593. The van der Waals surface area contributed by atoms with Crippen molar-refractivity contribution < 1.29 is 0 Å². The summed E-state index contributed by atoms with van der Waals surface area (Å²) < 4.78 is 0. The van der Waals surface area contributed by atoms with E-state index in [1.54, 1.807) is 5.56 Å². The molecule has 0 N–H and O–H groups in total. The molecule has 0 amide bonds. The molecule has 0 aliphatic heterocycles. The van der Waals surface area contributed by atoms with Gasteiger partial charge in [0, 0.05) is 0 Å². The molecule has 98 valence electrons. The van der Waals surface area contributed by atoms with Crippen molar-refractivity contribution in [2.45, 2.75) is 51.4 Å². The van der Waals surface area contributed by atoms with E-state index in [1.807, 2.05) is 0 Å². The highest BCUT2D eigenvalue weighted by atomic mass is 14.3. The molecule has 1 aromatic carbocycles. The lowest BCUT2D eigenvalue weighted by Gasteiger charge is -2.29. The van der Waals surface area contributed by atoms with Crippen LogP contribution < -0.4 is 0 Å². The van der Waals surface area contributed by atoms with Gasteiger partial charge < -0.3 is 0 Å². The molecule has 1 aliphatic rings. The van der Waals surface area contributed by atoms with Crippen molar-refractivity contribution in [1.82, 2.24) is 0 Å². The van der Waals surface area contributed by atoms with E-state index >= 15 is 0 Å². The van der Waals surface area contributed by atoms with Crippen LogP contribution in [-0.4, -0.2) is 0 Å². The standard InChI is InChI=1S/C18H26/c1-3-15(2)9-10-16-11-13-18(14-12-16)17-7-5-4-6-8-17/h3-8,15-16,18H,1,9-14H2,2H3. The molecule has 0 heterocycles. The van der Waals surface area contributed by atoms with Crippen LogP contribution in [0.3, 0.4) is 0 Å². The Morgan fingerprint density at radius 3 is 2.44 bits per heavy atom. The van der Waals surface area contributed by atoms with E-state index in [0.29, 0.717) is 5.92 Å². The largest absolute Gasteiger partial charge is 0.103 e. The minimum Gasteiger partial charge on any atom is -0.103 e. The number of hydrogen-bond donors (Lipinski definition) is 0. The first-order chi connectivity index (χ1) is 8.79. The molecular weight excluding hydrogens is 216 g/mol. The molecule has 1 atom stereocenters. The van der Waals surface area contributed by atoms with Crippen LogP contribution in [0.25, 0.3) is 0 Å². The van der Waals surface area contributed by atoms with Crippen molar-refractivity contribution in [1.29, 1.82) is 0 Å². The fraction of sp³-hybridized carbons (Fsp3) is 0.556. The first kappa shape index (κ1) is 13.4. The van der Waals surface area contributed by atoms with Gasteiger partial charge in [-0.2, -0.15) is 0 Å². The molecule has 0 nitrogen and oxygen atoms in total. The maximum atomic E-state index is 3.88. The Labute approximate surface area is 112 Å². The summed E-state index contributed by atoms with van der Waals surface area (Å²) in [6, 6.07) is 11.1. The molecule has 1 fully saturated rings. The van der Waals surface area contributed by atoms with Crippen LogP contribution in [0.4, 0.5) is 0 Å². The van der Waals surface area contributed by atoms with Gasteiger partial charge in [0.05, 0.1) is 0 Å². The normalized spacial score (nSPS) is 25.6. The van der Waals surface area contributed by atoms with Crippen LogP contribution in [-0.2, 0) is 0 Å². The lowest BCUT2D eigenvalue weighted by molar-refractivity contribution is 0.297. The summed E-state index contributed by atoms with van der Waals surface area (Å²) in [5, 5.41) is 0. The van der Waals surface area contributed by atoms with Crippen LogP contribution in [0.2, 0.25) is 0 Å². The highest BCUT2D eigenvalue weighted by molar-refractivity contribution is 5.19. The molecule has 0 heteroatoms. The molecule has 1 unspecified atom stereocenters. The SMILES string of the molecule is C=CC(C)CCC1CCC(c2ccccc2)CC1. The van der Waals surface area contributed by atoms with E-state index in [2.05, 4.69) is 49.9 Å². The number of benzene rings is 1. The number of allylic oxidation sites excluding steroid dienone is 1. The van der Waals surface area contributed by atoms with Gasteiger partial charge >= 0.3 is 0 Å². The second-order valence-electron chi connectivity index (χ2n) is 5.92. The smallest absolute Gasteiger partial charge is 0.0162 e. The Morgan fingerprint density at radius 2 is 1.83 bits per heavy atom. The molecule has 0 aromatic heterocycles. The molecule has 18 heavy (non-hydrogen) atoms. The number of rotatable bonds is 5. The highest BCUT2D eigenvalue weighted by Gasteiger charge is 2.22. The minimum absolute atomic E-state index is 0.692. The molecule has 0 radical (unpaired) electrons. The second kappa shape index (κ2) is 6.78. The second-order valence-corrected chi connectivity index (χ2v) is 5.92. The molecule has 1 aliphatic carbocycles. The van der Waals surface area contributed by atoms with Gasteiger partial charge in [-0.05, 0) is 61.8 Å². The summed E-state index contributed by atoms with van der Waals surface area (Å²) in [6.45, 7) is 6.16. The fourth-order valence-corrected chi connectivity index (χ4v) is 3.13. The molecule has 2 rings (SSSR count). The average molecular weight is 242 g/mol. The van der Waals surface area contributed by atoms with Gasteiger partial charge in [-0.1, -0.05) is 43.3 Å². The third kappa shape index (κ3) is 3.73. The summed E-state index contributed by atoms with van der Waals surface area (Å²) in [7, 11) is 0. The molecular formula is C18H26. The monoisotopic (exact) mass is 242 g/mol. The van der Waals surface area contributed by atoms with Crippen LogP contribution >= 0.6 is 0 Å². The first-order valence-electron chi connectivity index (χ1n) is 7.47. The average Bonchev–Trinajstić information content (AvgIpc) is 2.46. The lowest BCUT2D eigenvalue weighted by Crippen LogP contribution is -2.14. The molecule has 1 saturated carbocycles. The lowest BCUT2D eigenvalue weighted by atomic mass is 9.76. The maximum absolute atomic E-state index is 3.88. The summed E-state index contributed by atoms with van der Waals surface area (Å²) in [4.78, 5) is 0. The van der Waals surface area contributed by atoms with Crippen molar-refractivity contribution in [3.63, 3.8) is 0 Å². The van der Waals surface area contributed by atoms with E-state index in [-0.39, 0.29) is 0 Å². The highest BCUT2D eigenvalue weighted by Crippen LogP contribution is 2.37. The van der Waals surface area contributed by atoms with Crippen molar-refractivity contribution >= 4 is 0 Å². The Bertz CT molecular complexity index is 344. The Morgan fingerprint density at radius 1 is 1.17 bits per heavy atom. The molecule has 0 spiro atoms. The zero-order valence-electron chi connectivity index (χ0n) is 11.6. The Balaban J connectivity index is 1.76. The van der Waals surface area contributed by atoms with Gasteiger partial charge in [0.1, 0.15) is 0 Å². The topological polar surface area (TPSA) is 0 Å². The Hall–Kier alpha value is -1.04. The third-order valence-electron chi connectivity index (χ3n) is 4.55.